The molecule has 4 rings (SSSR count). The highest BCUT2D eigenvalue weighted by Gasteiger charge is 2.34. The fourth-order valence-corrected chi connectivity index (χ4v) is 5.29. The van der Waals surface area contributed by atoms with E-state index in [4.69, 9.17) is 4.98 Å². The molecule has 1 aromatic heterocycles. The molecule has 2 saturated heterocycles. The van der Waals surface area contributed by atoms with E-state index < -0.39 is 5.60 Å². The van der Waals surface area contributed by atoms with Crippen molar-refractivity contribution in [2.45, 2.75) is 63.9 Å². The normalized spacial score (nSPS) is 21.7. The smallest absolute Gasteiger partial charge is 0.129 e. The minimum atomic E-state index is -0.577. The Balaban J connectivity index is 1.24. The Bertz CT molecular complexity index is 773. The van der Waals surface area contributed by atoms with E-state index >= 15 is 0 Å². The molecule has 0 radical (unpaired) electrons. The van der Waals surface area contributed by atoms with Gasteiger partial charge in [0.25, 0.3) is 0 Å². The molecule has 3 aliphatic heterocycles. The number of piperidine rings is 2. The summed E-state index contributed by atoms with van der Waals surface area (Å²) in [5.41, 5.74) is 3.09. The lowest BCUT2D eigenvalue weighted by molar-refractivity contribution is -0.0202. The van der Waals surface area contributed by atoms with Gasteiger partial charge in [-0.05, 0) is 75.8 Å². The SMILES string of the molecule is C=C(C)CC1(O)CCN(C(=C)N2CCC(Cc3ccc4c(n3)NCCC4)CC2)CC1. The van der Waals surface area contributed by atoms with Gasteiger partial charge < -0.3 is 20.2 Å². The van der Waals surface area contributed by atoms with Crippen LogP contribution in [0.15, 0.2) is 36.7 Å². The number of nitrogens with zero attached hydrogens (tertiary/aromatic N) is 3. The molecule has 0 bridgehead atoms. The number of fused-ring (bicyclic) bond motifs is 1. The Kier molecular flexibility index (Phi) is 6.37. The first kappa shape index (κ1) is 21.2. The third-order valence-corrected chi connectivity index (χ3v) is 7.12. The van der Waals surface area contributed by atoms with Gasteiger partial charge in [0.1, 0.15) is 5.82 Å². The Labute approximate surface area is 181 Å². The molecule has 0 aliphatic carbocycles. The Morgan fingerprint density at radius 3 is 2.57 bits per heavy atom. The summed E-state index contributed by atoms with van der Waals surface area (Å²) in [7, 11) is 0. The van der Waals surface area contributed by atoms with E-state index in [0.717, 1.165) is 75.6 Å². The highest BCUT2D eigenvalue weighted by Crippen LogP contribution is 2.31. The van der Waals surface area contributed by atoms with Crippen molar-refractivity contribution in [3.63, 3.8) is 0 Å². The molecule has 0 atom stereocenters. The molecule has 1 aromatic rings. The number of hydrogen-bond donors (Lipinski definition) is 2. The van der Waals surface area contributed by atoms with Crippen molar-refractivity contribution in [3.8, 4) is 0 Å². The van der Waals surface area contributed by atoms with Gasteiger partial charge in [-0.2, -0.15) is 0 Å². The average Bonchev–Trinajstić information content (AvgIpc) is 2.73. The van der Waals surface area contributed by atoms with Crippen LogP contribution in [0.3, 0.4) is 0 Å². The van der Waals surface area contributed by atoms with Gasteiger partial charge in [-0.15, -0.1) is 6.58 Å². The van der Waals surface area contributed by atoms with Crippen molar-refractivity contribution in [1.29, 1.82) is 0 Å². The van der Waals surface area contributed by atoms with Gasteiger partial charge in [-0.25, -0.2) is 4.98 Å². The van der Waals surface area contributed by atoms with Crippen LogP contribution >= 0.6 is 0 Å². The molecule has 0 aromatic carbocycles. The first-order chi connectivity index (χ1) is 14.4. The van der Waals surface area contributed by atoms with Gasteiger partial charge in [0.2, 0.25) is 0 Å². The molecule has 0 spiro atoms. The van der Waals surface area contributed by atoms with Crippen LogP contribution in [-0.4, -0.2) is 58.2 Å². The molecule has 4 heterocycles. The maximum absolute atomic E-state index is 10.8. The summed E-state index contributed by atoms with van der Waals surface area (Å²) in [6.45, 7) is 15.3. The highest BCUT2D eigenvalue weighted by molar-refractivity contribution is 5.47. The second-order valence-electron chi connectivity index (χ2n) is 9.74. The third-order valence-electron chi connectivity index (χ3n) is 7.12. The maximum Gasteiger partial charge on any atom is 0.129 e. The van der Waals surface area contributed by atoms with Crippen molar-refractivity contribution in [1.82, 2.24) is 14.8 Å². The molecule has 164 valence electrons. The number of hydrogen-bond acceptors (Lipinski definition) is 5. The lowest BCUT2D eigenvalue weighted by atomic mass is 9.86. The van der Waals surface area contributed by atoms with Gasteiger partial charge in [0, 0.05) is 38.4 Å². The first-order valence-electron chi connectivity index (χ1n) is 11.7. The van der Waals surface area contributed by atoms with Crippen molar-refractivity contribution >= 4 is 5.82 Å². The number of aryl methyl sites for hydroxylation is 1. The summed E-state index contributed by atoms with van der Waals surface area (Å²) in [4.78, 5) is 9.70. The number of aromatic nitrogens is 1. The van der Waals surface area contributed by atoms with Crippen LogP contribution in [0, 0.1) is 5.92 Å². The quantitative estimate of drug-likeness (QED) is 0.696. The van der Waals surface area contributed by atoms with Gasteiger partial charge >= 0.3 is 0 Å². The largest absolute Gasteiger partial charge is 0.389 e. The van der Waals surface area contributed by atoms with E-state index in [0.29, 0.717) is 12.3 Å². The van der Waals surface area contributed by atoms with Gasteiger partial charge in [-0.1, -0.05) is 18.2 Å². The predicted octanol–water partition coefficient (Wildman–Crippen LogP) is 3.96. The summed E-state index contributed by atoms with van der Waals surface area (Å²) in [5, 5.41) is 14.2. The number of anilines is 1. The van der Waals surface area contributed by atoms with Crippen LogP contribution in [0.4, 0.5) is 5.82 Å². The van der Waals surface area contributed by atoms with E-state index in [1.165, 1.54) is 30.5 Å². The van der Waals surface area contributed by atoms with E-state index in [2.05, 4.69) is 40.4 Å². The van der Waals surface area contributed by atoms with Gasteiger partial charge in [0.15, 0.2) is 0 Å². The van der Waals surface area contributed by atoms with Crippen LogP contribution < -0.4 is 5.32 Å². The molecular weight excluding hydrogens is 372 g/mol. The topological polar surface area (TPSA) is 51.6 Å². The summed E-state index contributed by atoms with van der Waals surface area (Å²) in [6, 6.07) is 4.50. The second kappa shape index (κ2) is 9.01. The number of rotatable bonds is 6. The van der Waals surface area contributed by atoms with Crippen LogP contribution in [0.2, 0.25) is 0 Å². The van der Waals surface area contributed by atoms with Crippen LogP contribution in [-0.2, 0) is 12.8 Å². The van der Waals surface area contributed by atoms with E-state index in [1.54, 1.807) is 0 Å². The first-order valence-corrected chi connectivity index (χ1v) is 11.7. The lowest BCUT2D eigenvalue weighted by Crippen LogP contribution is -2.48. The summed E-state index contributed by atoms with van der Waals surface area (Å²) in [5.74, 6) is 2.95. The van der Waals surface area contributed by atoms with E-state index in [1.807, 2.05) is 6.92 Å². The molecule has 0 unspecified atom stereocenters. The van der Waals surface area contributed by atoms with E-state index in [9.17, 15) is 5.11 Å². The van der Waals surface area contributed by atoms with Crippen molar-refractivity contribution in [2.75, 3.05) is 38.0 Å². The Hall–Kier alpha value is -2.01. The lowest BCUT2D eigenvalue weighted by Gasteiger charge is -2.44. The second-order valence-corrected chi connectivity index (χ2v) is 9.74. The zero-order valence-corrected chi connectivity index (χ0v) is 18.6. The molecule has 2 N–H and O–H groups in total. The molecule has 30 heavy (non-hydrogen) atoms. The maximum atomic E-state index is 10.8. The van der Waals surface area contributed by atoms with Crippen LogP contribution in [0.1, 0.15) is 56.7 Å². The van der Waals surface area contributed by atoms with Gasteiger partial charge in [0.05, 0.1) is 11.4 Å². The summed E-state index contributed by atoms with van der Waals surface area (Å²) in [6.07, 6.45) is 8.13. The fourth-order valence-electron chi connectivity index (χ4n) is 5.29. The monoisotopic (exact) mass is 410 g/mol. The zero-order valence-electron chi connectivity index (χ0n) is 18.6. The molecule has 0 saturated carbocycles. The molecule has 0 amide bonds. The summed E-state index contributed by atoms with van der Waals surface area (Å²) >= 11 is 0. The van der Waals surface area contributed by atoms with E-state index in [-0.39, 0.29) is 0 Å². The number of aliphatic hydroxyl groups is 1. The molecule has 5 nitrogen and oxygen atoms in total. The molecule has 3 aliphatic rings. The number of likely N-dealkylation sites (tertiary alicyclic amines) is 2. The Morgan fingerprint density at radius 1 is 1.17 bits per heavy atom. The average molecular weight is 411 g/mol. The van der Waals surface area contributed by atoms with Crippen LogP contribution in [0.25, 0.3) is 0 Å². The number of nitrogens with one attached hydrogen (secondary N) is 1. The minimum absolute atomic E-state index is 0.577. The fraction of sp³-hybridized carbons (Fsp3) is 0.640. The molecular formula is C25H38N4O. The zero-order chi connectivity index (χ0) is 21.1. The minimum Gasteiger partial charge on any atom is -0.389 e. The standard InChI is InChI=1S/C25H38N4O/c1-19(2)18-25(30)10-15-29(16-11-25)20(3)28-13-8-21(9-14-28)17-23-7-6-22-5-4-12-26-24(22)27-23/h6-7,21,30H,1,3-5,8-18H2,2H3,(H,26,27). The predicted molar refractivity (Wildman–Crippen MR) is 123 cm³/mol. The van der Waals surface area contributed by atoms with Gasteiger partial charge in [-0.3, -0.25) is 0 Å². The third kappa shape index (κ3) is 5.00. The Morgan fingerprint density at radius 2 is 1.87 bits per heavy atom. The number of pyridine rings is 1. The highest BCUT2D eigenvalue weighted by atomic mass is 16.3. The van der Waals surface area contributed by atoms with Crippen molar-refractivity contribution in [3.05, 3.63) is 47.9 Å². The molecule has 5 heteroatoms. The van der Waals surface area contributed by atoms with Crippen LogP contribution in [0.5, 0.6) is 0 Å². The van der Waals surface area contributed by atoms with Crippen molar-refractivity contribution < 1.29 is 5.11 Å². The summed E-state index contributed by atoms with van der Waals surface area (Å²) < 4.78 is 0. The van der Waals surface area contributed by atoms with Crippen molar-refractivity contribution in [2.24, 2.45) is 5.92 Å². The molecule has 2 fully saturated rings.